The third-order valence-corrected chi connectivity index (χ3v) is 0.914. The third kappa shape index (κ3) is 12.4. The van der Waals surface area contributed by atoms with Gasteiger partial charge in [0.2, 0.25) is 0 Å². The molecule has 0 aliphatic rings. The lowest BCUT2D eigenvalue weighted by Gasteiger charge is -1.65. The molecule has 0 amide bonds. The Kier molecular flexibility index (Phi) is 15.8. The average Bonchev–Trinajstić information content (AvgIpc) is 2.98. The van der Waals surface area contributed by atoms with Crippen LogP contribution in [0.5, 0.6) is 0 Å². The van der Waals surface area contributed by atoms with Crippen molar-refractivity contribution >= 4 is 0 Å². The van der Waals surface area contributed by atoms with Gasteiger partial charge in [-0.3, -0.25) is 0 Å². The van der Waals surface area contributed by atoms with Gasteiger partial charge in [0, 0.05) is 6.07 Å². The van der Waals surface area contributed by atoms with E-state index in [1.165, 1.54) is 12.7 Å². The molecule has 2 heterocycles. The van der Waals surface area contributed by atoms with Crippen LogP contribution in [-0.4, -0.2) is 10.1 Å². The molecule has 0 aromatic carbocycles. The first-order chi connectivity index (χ1) is 7.39. The summed E-state index contributed by atoms with van der Waals surface area (Å²) >= 11 is 0. The molecule has 0 fully saturated rings. The summed E-state index contributed by atoms with van der Waals surface area (Å²) in [6.07, 6.45) is 6.09. The molecule has 0 saturated carbocycles. The molecule has 0 saturated heterocycles. The molecule has 15 heavy (non-hydrogen) atoms. The highest BCUT2D eigenvalue weighted by Gasteiger charge is 1.78. The lowest BCUT2D eigenvalue weighted by Crippen LogP contribution is -1.50. The van der Waals surface area contributed by atoms with Crippen LogP contribution < -0.4 is 0 Å². The molecule has 0 bridgehead atoms. The highest BCUT2D eigenvalue weighted by atomic mass is 16.5. The molecule has 0 atom stereocenters. The molecule has 0 aliphatic heterocycles. The average molecular weight is 212 g/mol. The van der Waals surface area contributed by atoms with Crippen LogP contribution in [0.4, 0.5) is 0 Å². The smallest absolute Gasteiger partial charge is 0.180 e. The van der Waals surface area contributed by atoms with Gasteiger partial charge >= 0.3 is 0 Å². The fraction of sp³-hybridized carbons (Fsp3) is 0.455. The van der Waals surface area contributed by atoms with E-state index in [9.17, 15) is 0 Å². The molecule has 4 nitrogen and oxygen atoms in total. The number of hydrogen-bond donors (Lipinski definition) is 0. The van der Waals surface area contributed by atoms with Crippen LogP contribution in [0.2, 0.25) is 0 Å². The summed E-state index contributed by atoms with van der Waals surface area (Å²) in [6.45, 7) is 9.85. The number of aromatic nitrogens is 2. The fourth-order valence-corrected chi connectivity index (χ4v) is 0.455. The maximum Gasteiger partial charge on any atom is 0.180 e. The summed E-state index contributed by atoms with van der Waals surface area (Å²) < 4.78 is 9.06. The van der Waals surface area contributed by atoms with Crippen LogP contribution in [0.25, 0.3) is 0 Å². The first-order valence-corrected chi connectivity index (χ1v) is 5.09. The number of rotatable bonds is 0. The summed E-state index contributed by atoms with van der Waals surface area (Å²) in [5.41, 5.74) is 0. The highest BCUT2D eigenvalue weighted by molar-refractivity contribution is 4.87. The first-order valence-electron chi connectivity index (χ1n) is 5.09. The molecule has 0 aliphatic carbocycles. The quantitative estimate of drug-likeness (QED) is 0.668. The monoisotopic (exact) mass is 212 g/mol. The molecular formula is C11H20N2O2. The number of nitrogens with zero attached hydrogens (tertiary/aromatic N) is 2. The van der Waals surface area contributed by atoms with E-state index in [2.05, 4.69) is 19.1 Å². The van der Waals surface area contributed by atoms with Gasteiger partial charge in [0.15, 0.2) is 6.39 Å². The number of oxazole rings is 1. The molecule has 2 aromatic heterocycles. The summed E-state index contributed by atoms with van der Waals surface area (Å²) in [6, 6.07) is 1.81. The number of hydrogen-bond acceptors (Lipinski definition) is 4. The summed E-state index contributed by atoms with van der Waals surface area (Å²) in [7, 11) is 0. The molecule has 0 unspecified atom stereocenters. The van der Waals surface area contributed by atoms with Crippen molar-refractivity contribution in [2.45, 2.75) is 34.6 Å². The van der Waals surface area contributed by atoms with Crippen molar-refractivity contribution in [2.24, 2.45) is 0 Å². The van der Waals surface area contributed by atoms with E-state index in [4.69, 9.17) is 0 Å². The van der Waals surface area contributed by atoms with Crippen LogP contribution in [0, 0.1) is 6.92 Å². The van der Waals surface area contributed by atoms with Gasteiger partial charge in [-0.05, 0) is 6.92 Å². The minimum absolute atomic E-state index is 0.856. The van der Waals surface area contributed by atoms with E-state index in [1.807, 2.05) is 34.6 Å². The fourth-order valence-electron chi connectivity index (χ4n) is 0.455. The second kappa shape index (κ2) is 14.9. The predicted molar refractivity (Wildman–Crippen MR) is 60.4 cm³/mol. The lowest BCUT2D eigenvalue weighted by molar-refractivity contribution is 0.397. The Morgan fingerprint density at radius 2 is 1.73 bits per heavy atom. The van der Waals surface area contributed by atoms with Crippen molar-refractivity contribution in [1.82, 2.24) is 10.1 Å². The molecule has 0 spiro atoms. The van der Waals surface area contributed by atoms with Crippen LogP contribution in [0.1, 0.15) is 33.5 Å². The highest BCUT2D eigenvalue weighted by Crippen LogP contribution is 1.88. The van der Waals surface area contributed by atoms with Crippen LogP contribution in [-0.2, 0) is 0 Å². The van der Waals surface area contributed by atoms with E-state index in [0.717, 1.165) is 5.76 Å². The molecule has 2 rings (SSSR count). The van der Waals surface area contributed by atoms with Crippen molar-refractivity contribution < 1.29 is 8.94 Å². The SMILES string of the molecule is CC.CC.Cc1ccno1.c1cocn1. The van der Waals surface area contributed by atoms with E-state index in [-0.39, 0.29) is 0 Å². The van der Waals surface area contributed by atoms with Crippen molar-refractivity contribution in [3.05, 3.63) is 36.9 Å². The molecule has 86 valence electrons. The van der Waals surface area contributed by atoms with Gasteiger partial charge < -0.3 is 8.94 Å². The second-order valence-electron chi connectivity index (χ2n) is 1.80. The number of aryl methyl sites for hydroxylation is 1. The van der Waals surface area contributed by atoms with Crippen LogP contribution in [0.3, 0.4) is 0 Å². The van der Waals surface area contributed by atoms with E-state index < -0.39 is 0 Å². The molecule has 0 N–H and O–H groups in total. The van der Waals surface area contributed by atoms with Gasteiger partial charge in [0.25, 0.3) is 0 Å². The van der Waals surface area contributed by atoms with E-state index in [1.54, 1.807) is 18.5 Å². The van der Waals surface area contributed by atoms with Gasteiger partial charge in [0.1, 0.15) is 12.0 Å². The van der Waals surface area contributed by atoms with Gasteiger partial charge in [-0.2, -0.15) is 0 Å². The lowest BCUT2D eigenvalue weighted by atomic mass is 10.5. The Morgan fingerprint density at radius 1 is 1.07 bits per heavy atom. The van der Waals surface area contributed by atoms with E-state index >= 15 is 0 Å². The van der Waals surface area contributed by atoms with E-state index in [0.29, 0.717) is 0 Å². The van der Waals surface area contributed by atoms with Crippen molar-refractivity contribution in [3.8, 4) is 0 Å². The standard InChI is InChI=1S/C4H5NO.C3H3NO.2C2H6/c1-4-2-3-5-6-4;1-2-5-3-4-1;2*1-2/h2-3H,1H3;1-3H;2*1-2H3. The van der Waals surface area contributed by atoms with Crippen molar-refractivity contribution in [1.29, 1.82) is 0 Å². The topological polar surface area (TPSA) is 52.1 Å². The Morgan fingerprint density at radius 3 is 1.87 bits per heavy atom. The normalized spacial score (nSPS) is 7.00. The second-order valence-corrected chi connectivity index (χ2v) is 1.80. The minimum Gasteiger partial charge on any atom is -0.452 e. The zero-order valence-corrected chi connectivity index (χ0v) is 10.1. The third-order valence-electron chi connectivity index (χ3n) is 0.914. The zero-order valence-electron chi connectivity index (χ0n) is 10.1. The van der Waals surface area contributed by atoms with Gasteiger partial charge in [-0.15, -0.1) is 0 Å². The summed E-state index contributed by atoms with van der Waals surface area (Å²) in [5.74, 6) is 0.856. The molecule has 0 radical (unpaired) electrons. The Balaban J connectivity index is 0. The first kappa shape index (κ1) is 15.9. The maximum absolute atomic E-state index is 4.58. The van der Waals surface area contributed by atoms with Gasteiger partial charge in [-0.25, -0.2) is 4.98 Å². The summed E-state index contributed by atoms with van der Waals surface area (Å²) in [4.78, 5) is 3.56. The van der Waals surface area contributed by atoms with Crippen molar-refractivity contribution in [3.63, 3.8) is 0 Å². The molecular weight excluding hydrogens is 192 g/mol. The summed E-state index contributed by atoms with van der Waals surface area (Å²) in [5, 5.41) is 3.45. The van der Waals surface area contributed by atoms with Crippen LogP contribution in [0.15, 0.2) is 40.1 Å². The van der Waals surface area contributed by atoms with Crippen molar-refractivity contribution in [2.75, 3.05) is 0 Å². The Bertz CT molecular complexity index is 235. The predicted octanol–water partition coefficient (Wildman–Crippen LogP) is 3.71. The van der Waals surface area contributed by atoms with Gasteiger partial charge in [0.05, 0.1) is 12.4 Å². The molecule has 4 heteroatoms. The Hall–Kier alpha value is -1.58. The maximum atomic E-state index is 4.58. The zero-order chi connectivity index (χ0) is 11.9. The van der Waals surface area contributed by atoms with Crippen LogP contribution >= 0.6 is 0 Å². The van der Waals surface area contributed by atoms with Gasteiger partial charge in [-0.1, -0.05) is 32.9 Å². The minimum atomic E-state index is 0.856. The molecule has 2 aromatic rings. The largest absolute Gasteiger partial charge is 0.452 e. The Labute approximate surface area is 91.3 Å².